The van der Waals surface area contributed by atoms with Crippen LogP contribution in [0.2, 0.25) is 0 Å². The zero-order chi connectivity index (χ0) is 15.5. The molecule has 3 aromatic rings. The molecule has 4 nitrogen and oxygen atoms in total. The molecule has 0 aliphatic carbocycles. The van der Waals surface area contributed by atoms with Crippen molar-refractivity contribution >= 4 is 15.9 Å². The molecule has 0 atom stereocenters. The first kappa shape index (κ1) is 14.6. The smallest absolute Gasteiger partial charge is 0.238 e. The van der Waals surface area contributed by atoms with Crippen LogP contribution < -0.4 is 4.74 Å². The molecular weight excluding hydrogens is 356 g/mol. The SMILES string of the molecule is Fc1c(Br)ccc(Oc2cnnn2Cc2ccccc2)c1F. The number of rotatable bonds is 4. The average molecular weight is 366 g/mol. The Hall–Kier alpha value is -2.28. The van der Waals surface area contributed by atoms with Gasteiger partial charge in [0.25, 0.3) is 0 Å². The van der Waals surface area contributed by atoms with Crippen molar-refractivity contribution in [3.63, 3.8) is 0 Å². The largest absolute Gasteiger partial charge is 0.434 e. The minimum Gasteiger partial charge on any atom is -0.434 e. The zero-order valence-electron chi connectivity index (χ0n) is 11.2. The second-order valence-electron chi connectivity index (χ2n) is 4.49. The number of aromatic nitrogens is 3. The topological polar surface area (TPSA) is 39.9 Å². The van der Waals surface area contributed by atoms with Gasteiger partial charge >= 0.3 is 0 Å². The molecule has 1 heterocycles. The Bertz CT molecular complexity index is 793. The van der Waals surface area contributed by atoms with E-state index >= 15 is 0 Å². The van der Waals surface area contributed by atoms with Gasteiger partial charge < -0.3 is 4.74 Å². The van der Waals surface area contributed by atoms with Crippen molar-refractivity contribution in [1.82, 2.24) is 15.0 Å². The van der Waals surface area contributed by atoms with Crippen molar-refractivity contribution in [1.29, 1.82) is 0 Å². The van der Waals surface area contributed by atoms with E-state index in [1.54, 1.807) is 0 Å². The summed E-state index contributed by atoms with van der Waals surface area (Å²) in [7, 11) is 0. The predicted octanol–water partition coefficient (Wildman–Crippen LogP) is 4.16. The molecule has 22 heavy (non-hydrogen) atoms. The van der Waals surface area contributed by atoms with Gasteiger partial charge in [-0.1, -0.05) is 35.5 Å². The molecule has 0 unspecified atom stereocenters. The fourth-order valence-electron chi connectivity index (χ4n) is 1.89. The number of benzene rings is 2. The maximum atomic E-state index is 13.8. The molecule has 0 radical (unpaired) electrons. The van der Waals surface area contributed by atoms with Crippen molar-refractivity contribution < 1.29 is 13.5 Å². The number of hydrogen-bond acceptors (Lipinski definition) is 3. The summed E-state index contributed by atoms with van der Waals surface area (Å²) in [5, 5.41) is 7.64. The van der Waals surface area contributed by atoms with Crippen LogP contribution in [0.1, 0.15) is 5.56 Å². The minimum atomic E-state index is -1.07. The molecule has 0 saturated heterocycles. The zero-order valence-corrected chi connectivity index (χ0v) is 12.8. The monoisotopic (exact) mass is 365 g/mol. The standard InChI is InChI=1S/C15H10BrF2N3O/c16-11-6-7-12(15(18)14(11)17)22-13-8-19-20-21(13)9-10-4-2-1-3-5-10/h1-8H,9H2. The maximum Gasteiger partial charge on any atom is 0.238 e. The fraction of sp³-hybridized carbons (Fsp3) is 0.0667. The van der Waals surface area contributed by atoms with Crippen LogP contribution in [0.5, 0.6) is 11.6 Å². The summed E-state index contributed by atoms with van der Waals surface area (Å²) in [5.41, 5.74) is 0.986. The number of nitrogens with zero attached hydrogens (tertiary/aromatic N) is 3. The van der Waals surface area contributed by atoms with Crippen LogP contribution in [0.4, 0.5) is 8.78 Å². The molecule has 1 aromatic heterocycles. The molecule has 0 bridgehead atoms. The Morgan fingerprint density at radius 2 is 1.82 bits per heavy atom. The lowest BCUT2D eigenvalue weighted by molar-refractivity contribution is 0.381. The van der Waals surface area contributed by atoms with Gasteiger partial charge in [0.1, 0.15) is 6.20 Å². The predicted molar refractivity (Wildman–Crippen MR) is 79.7 cm³/mol. The van der Waals surface area contributed by atoms with Gasteiger partial charge in [-0.3, -0.25) is 0 Å². The van der Waals surface area contributed by atoms with Gasteiger partial charge in [-0.2, -0.15) is 4.39 Å². The molecule has 0 fully saturated rings. The Morgan fingerprint density at radius 3 is 2.59 bits per heavy atom. The Balaban J connectivity index is 1.85. The summed E-state index contributed by atoms with van der Waals surface area (Å²) in [6.45, 7) is 0.413. The van der Waals surface area contributed by atoms with E-state index in [0.717, 1.165) is 5.56 Å². The minimum absolute atomic E-state index is 0.0354. The van der Waals surface area contributed by atoms with Crippen molar-refractivity contribution in [3.05, 3.63) is 70.3 Å². The molecule has 3 rings (SSSR count). The van der Waals surface area contributed by atoms with E-state index in [-0.39, 0.29) is 16.1 Å². The molecule has 112 valence electrons. The second kappa shape index (κ2) is 6.23. The highest BCUT2D eigenvalue weighted by molar-refractivity contribution is 9.10. The van der Waals surface area contributed by atoms with Gasteiger partial charge in [0, 0.05) is 0 Å². The summed E-state index contributed by atoms with van der Waals surface area (Å²) in [5.74, 6) is -2.07. The van der Waals surface area contributed by atoms with Crippen LogP contribution in [0.3, 0.4) is 0 Å². The molecule has 7 heteroatoms. The highest BCUT2D eigenvalue weighted by atomic mass is 79.9. The van der Waals surface area contributed by atoms with E-state index in [9.17, 15) is 8.78 Å². The third kappa shape index (κ3) is 2.99. The summed E-state index contributed by atoms with van der Waals surface area (Å²) in [4.78, 5) is 0. The molecule has 0 aliphatic rings. The van der Waals surface area contributed by atoms with Crippen LogP contribution in [-0.2, 0) is 6.54 Å². The average Bonchev–Trinajstić information content (AvgIpc) is 2.96. The quantitative estimate of drug-likeness (QED) is 0.651. The Morgan fingerprint density at radius 1 is 1.05 bits per heavy atom. The molecule has 0 aliphatic heterocycles. The molecule has 0 amide bonds. The van der Waals surface area contributed by atoms with Gasteiger partial charge in [-0.15, -0.1) is 5.10 Å². The summed E-state index contributed by atoms with van der Waals surface area (Å²) < 4.78 is 34.3. The van der Waals surface area contributed by atoms with E-state index < -0.39 is 11.6 Å². The molecule has 0 spiro atoms. The lowest BCUT2D eigenvalue weighted by Gasteiger charge is -2.09. The van der Waals surface area contributed by atoms with Crippen molar-refractivity contribution in [2.24, 2.45) is 0 Å². The number of halogens is 3. The normalized spacial score (nSPS) is 10.7. The lowest BCUT2D eigenvalue weighted by atomic mass is 10.2. The first-order valence-electron chi connectivity index (χ1n) is 6.39. The molecular formula is C15H10BrF2N3O. The highest BCUT2D eigenvalue weighted by Gasteiger charge is 2.16. The van der Waals surface area contributed by atoms with E-state index in [1.165, 1.54) is 23.0 Å². The first-order valence-corrected chi connectivity index (χ1v) is 7.18. The summed E-state index contributed by atoms with van der Waals surface area (Å²) >= 11 is 2.92. The Labute approximate surface area is 133 Å². The fourth-order valence-corrected chi connectivity index (χ4v) is 2.20. The Kier molecular flexibility index (Phi) is 4.15. The molecule has 2 aromatic carbocycles. The second-order valence-corrected chi connectivity index (χ2v) is 5.35. The van der Waals surface area contributed by atoms with Crippen molar-refractivity contribution in [3.8, 4) is 11.6 Å². The molecule has 0 saturated carbocycles. The van der Waals surface area contributed by atoms with E-state index in [4.69, 9.17) is 4.74 Å². The third-order valence-corrected chi connectivity index (χ3v) is 3.58. The van der Waals surface area contributed by atoms with Gasteiger partial charge in [-0.25, -0.2) is 9.07 Å². The highest BCUT2D eigenvalue weighted by Crippen LogP contribution is 2.29. The maximum absolute atomic E-state index is 13.8. The summed E-state index contributed by atoms with van der Waals surface area (Å²) in [6.07, 6.45) is 1.35. The summed E-state index contributed by atoms with van der Waals surface area (Å²) in [6, 6.07) is 12.3. The van der Waals surface area contributed by atoms with Crippen LogP contribution in [0.25, 0.3) is 0 Å². The number of hydrogen-bond donors (Lipinski definition) is 0. The van der Waals surface area contributed by atoms with Crippen molar-refractivity contribution in [2.75, 3.05) is 0 Å². The van der Waals surface area contributed by atoms with Crippen LogP contribution >= 0.6 is 15.9 Å². The van der Waals surface area contributed by atoms with Crippen LogP contribution in [-0.4, -0.2) is 15.0 Å². The van der Waals surface area contributed by atoms with Crippen molar-refractivity contribution in [2.45, 2.75) is 6.54 Å². The van der Waals surface area contributed by atoms with Crippen LogP contribution in [0, 0.1) is 11.6 Å². The number of ether oxygens (including phenoxy) is 1. The van der Waals surface area contributed by atoms with E-state index in [0.29, 0.717) is 6.54 Å². The molecule has 0 N–H and O–H groups in total. The van der Waals surface area contributed by atoms with Crippen LogP contribution in [0.15, 0.2) is 53.1 Å². The van der Waals surface area contributed by atoms with E-state index in [1.807, 2.05) is 30.3 Å². The van der Waals surface area contributed by atoms with E-state index in [2.05, 4.69) is 26.2 Å². The van der Waals surface area contributed by atoms with Gasteiger partial charge in [0.15, 0.2) is 11.6 Å². The van der Waals surface area contributed by atoms with Gasteiger partial charge in [0.05, 0.1) is 11.0 Å². The third-order valence-electron chi connectivity index (χ3n) is 2.97. The first-order chi connectivity index (χ1) is 10.6. The van der Waals surface area contributed by atoms with Gasteiger partial charge in [0.2, 0.25) is 11.7 Å². The van der Waals surface area contributed by atoms with Gasteiger partial charge in [-0.05, 0) is 33.6 Å². The lowest BCUT2D eigenvalue weighted by Crippen LogP contribution is -2.05.